The number of hydrogen-bond acceptors (Lipinski definition) is 4. The molecule has 1 aromatic rings. The summed E-state index contributed by atoms with van der Waals surface area (Å²) in [6, 6.07) is 2.39. The lowest BCUT2D eigenvalue weighted by molar-refractivity contribution is 0.260. The van der Waals surface area contributed by atoms with E-state index in [0.29, 0.717) is 18.5 Å². The SMILES string of the molecule is Cc1cc(OCCC2CCCCN2)nc(Cl)n1.Cl. The van der Waals surface area contributed by atoms with E-state index in [1.807, 2.05) is 6.92 Å². The highest BCUT2D eigenvalue weighted by Gasteiger charge is 2.12. The molecule has 102 valence electrons. The van der Waals surface area contributed by atoms with Crippen LogP contribution in [0.2, 0.25) is 5.28 Å². The first-order valence-electron chi connectivity index (χ1n) is 6.11. The normalized spacial score (nSPS) is 19.1. The van der Waals surface area contributed by atoms with Gasteiger partial charge in [0, 0.05) is 17.8 Å². The highest BCUT2D eigenvalue weighted by molar-refractivity contribution is 6.28. The fourth-order valence-corrected chi connectivity index (χ4v) is 2.27. The van der Waals surface area contributed by atoms with Crippen LogP contribution in [0.1, 0.15) is 31.4 Å². The van der Waals surface area contributed by atoms with Crippen molar-refractivity contribution in [3.63, 3.8) is 0 Å². The first-order chi connectivity index (χ1) is 8.24. The van der Waals surface area contributed by atoms with E-state index < -0.39 is 0 Å². The average molecular weight is 292 g/mol. The molecule has 1 atom stereocenters. The van der Waals surface area contributed by atoms with Crippen LogP contribution in [0.4, 0.5) is 0 Å². The smallest absolute Gasteiger partial charge is 0.225 e. The van der Waals surface area contributed by atoms with Gasteiger partial charge in [0.05, 0.1) is 6.61 Å². The summed E-state index contributed by atoms with van der Waals surface area (Å²) < 4.78 is 5.59. The van der Waals surface area contributed by atoms with Crippen molar-refractivity contribution in [3.05, 3.63) is 17.0 Å². The van der Waals surface area contributed by atoms with Gasteiger partial charge in [0.25, 0.3) is 0 Å². The minimum Gasteiger partial charge on any atom is -0.477 e. The van der Waals surface area contributed by atoms with Crippen LogP contribution in [0.25, 0.3) is 0 Å². The summed E-state index contributed by atoms with van der Waals surface area (Å²) in [5, 5.41) is 3.74. The third kappa shape index (κ3) is 4.96. The van der Waals surface area contributed by atoms with E-state index in [1.165, 1.54) is 19.3 Å². The monoisotopic (exact) mass is 291 g/mol. The number of nitrogens with zero attached hydrogens (tertiary/aromatic N) is 2. The van der Waals surface area contributed by atoms with Gasteiger partial charge in [-0.15, -0.1) is 12.4 Å². The number of halogens is 2. The van der Waals surface area contributed by atoms with Crippen LogP contribution >= 0.6 is 24.0 Å². The summed E-state index contributed by atoms with van der Waals surface area (Å²) in [6.07, 6.45) is 4.86. The standard InChI is InChI=1S/C12H18ClN3O.ClH/c1-9-8-11(16-12(13)15-9)17-7-5-10-4-2-3-6-14-10;/h8,10,14H,2-7H2,1H3;1H. The van der Waals surface area contributed by atoms with E-state index in [-0.39, 0.29) is 17.7 Å². The average Bonchev–Trinajstić information content (AvgIpc) is 2.29. The van der Waals surface area contributed by atoms with Crippen molar-refractivity contribution in [2.24, 2.45) is 0 Å². The van der Waals surface area contributed by atoms with Crippen LogP contribution in [-0.2, 0) is 0 Å². The van der Waals surface area contributed by atoms with Gasteiger partial charge in [0.2, 0.25) is 11.2 Å². The van der Waals surface area contributed by atoms with E-state index in [1.54, 1.807) is 6.07 Å². The molecule has 0 saturated carbocycles. The second-order valence-corrected chi connectivity index (χ2v) is 4.74. The van der Waals surface area contributed by atoms with Gasteiger partial charge in [-0.1, -0.05) is 6.42 Å². The number of rotatable bonds is 4. The molecule has 18 heavy (non-hydrogen) atoms. The molecule has 6 heteroatoms. The summed E-state index contributed by atoms with van der Waals surface area (Å²) in [7, 11) is 0. The quantitative estimate of drug-likeness (QED) is 0.867. The Bertz CT molecular complexity index is 350. The second-order valence-electron chi connectivity index (χ2n) is 4.40. The number of nitrogens with one attached hydrogen (secondary N) is 1. The van der Waals surface area contributed by atoms with Crippen molar-refractivity contribution in [3.8, 4) is 5.88 Å². The van der Waals surface area contributed by atoms with Gasteiger partial charge in [-0.2, -0.15) is 4.98 Å². The minimum absolute atomic E-state index is 0. The number of piperidine rings is 1. The van der Waals surface area contributed by atoms with Gasteiger partial charge in [-0.3, -0.25) is 0 Å². The molecule has 0 radical (unpaired) electrons. The maximum Gasteiger partial charge on any atom is 0.225 e. The van der Waals surface area contributed by atoms with Crippen LogP contribution in [0, 0.1) is 6.92 Å². The summed E-state index contributed by atoms with van der Waals surface area (Å²) in [6.45, 7) is 3.68. The van der Waals surface area contributed by atoms with E-state index in [0.717, 1.165) is 18.7 Å². The van der Waals surface area contributed by atoms with E-state index in [9.17, 15) is 0 Å². The van der Waals surface area contributed by atoms with Crippen molar-refractivity contribution in [2.45, 2.75) is 38.6 Å². The third-order valence-corrected chi connectivity index (χ3v) is 3.10. The Labute approximate surface area is 119 Å². The number of ether oxygens (including phenoxy) is 1. The van der Waals surface area contributed by atoms with Crippen molar-refractivity contribution in [1.29, 1.82) is 0 Å². The van der Waals surface area contributed by atoms with Gasteiger partial charge >= 0.3 is 0 Å². The zero-order valence-electron chi connectivity index (χ0n) is 10.5. The first-order valence-corrected chi connectivity index (χ1v) is 6.49. The van der Waals surface area contributed by atoms with Crippen LogP contribution in [0.3, 0.4) is 0 Å². The fourth-order valence-electron chi connectivity index (χ4n) is 2.05. The molecule has 2 heterocycles. The topological polar surface area (TPSA) is 47.0 Å². The molecule has 0 amide bonds. The lowest BCUT2D eigenvalue weighted by Crippen LogP contribution is -2.35. The lowest BCUT2D eigenvalue weighted by atomic mass is 10.0. The molecule has 4 nitrogen and oxygen atoms in total. The van der Waals surface area contributed by atoms with E-state index in [4.69, 9.17) is 16.3 Å². The highest BCUT2D eigenvalue weighted by Crippen LogP contribution is 2.14. The molecule has 0 bridgehead atoms. The molecule has 1 saturated heterocycles. The molecule has 2 rings (SSSR count). The second kappa shape index (κ2) is 7.77. The zero-order valence-corrected chi connectivity index (χ0v) is 12.1. The van der Waals surface area contributed by atoms with Gasteiger partial charge in [-0.25, -0.2) is 4.98 Å². The number of aromatic nitrogens is 2. The van der Waals surface area contributed by atoms with Crippen LogP contribution in [0.5, 0.6) is 5.88 Å². The van der Waals surface area contributed by atoms with E-state index in [2.05, 4.69) is 15.3 Å². The molecule has 1 aromatic heterocycles. The molecule has 1 N–H and O–H groups in total. The third-order valence-electron chi connectivity index (χ3n) is 2.93. The van der Waals surface area contributed by atoms with Crippen molar-refractivity contribution in [2.75, 3.05) is 13.2 Å². The molecule has 0 aliphatic carbocycles. The summed E-state index contributed by atoms with van der Waals surface area (Å²) in [4.78, 5) is 8.02. The molecule has 1 aliphatic rings. The summed E-state index contributed by atoms with van der Waals surface area (Å²) >= 11 is 5.76. The summed E-state index contributed by atoms with van der Waals surface area (Å²) in [5.41, 5.74) is 0.829. The van der Waals surface area contributed by atoms with Crippen molar-refractivity contribution < 1.29 is 4.74 Å². The Hall–Kier alpha value is -0.580. The van der Waals surface area contributed by atoms with Crippen LogP contribution < -0.4 is 10.1 Å². The molecule has 1 aliphatic heterocycles. The minimum atomic E-state index is 0. The molecule has 1 fully saturated rings. The Kier molecular flexibility index (Phi) is 6.68. The first kappa shape index (κ1) is 15.5. The zero-order chi connectivity index (χ0) is 12.1. The molecule has 0 aromatic carbocycles. The molecular formula is C12H19Cl2N3O. The lowest BCUT2D eigenvalue weighted by Gasteiger charge is -2.23. The van der Waals surface area contributed by atoms with Crippen LogP contribution in [0.15, 0.2) is 6.07 Å². The number of hydrogen-bond donors (Lipinski definition) is 1. The number of aryl methyl sites for hydroxylation is 1. The Morgan fingerprint density at radius 3 is 2.94 bits per heavy atom. The van der Waals surface area contributed by atoms with Crippen molar-refractivity contribution >= 4 is 24.0 Å². The largest absolute Gasteiger partial charge is 0.477 e. The fraction of sp³-hybridized carbons (Fsp3) is 0.667. The Balaban J connectivity index is 0.00000162. The molecule has 1 unspecified atom stereocenters. The van der Waals surface area contributed by atoms with Crippen LogP contribution in [-0.4, -0.2) is 29.2 Å². The summed E-state index contributed by atoms with van der Waals surface area (Å²) in [5.74, 6) is 0.568. The predicted molar refractivity (Wildman–Crippen MR) is 74.8 cm³/mol. The maximum absolute atomic E-state index is 5.76. The maximum atomic E-state index is 5.76. The van der Waals surface area contributed by atoms with Gasteiger partial charge in [-0.05, 0) is 44.3 Å². The van der Waals surface area contributed by atoms with Gasteiger partial charge in [0.15, 0.2) is 0 Å². The van der Waals surface area contributed by atoms with Gasteiger partial charge < -0.3 is 10.1 Å². The Morgan fingerprint density at radius 1 is 1.44 bits per heavy atom. The molecular weight excluding hydrogens is 273 g/mol. The van der Waals surface area contributed by atoms with Gasteiger partial charge in [0.1, 0.15) is 0 Å². The predicted octanol–water partition coefficient (Wildman–Crippen LogP) is 2.77. The molecule has 0 spiro atoms. The Morgan fingerprint density at radius 2 is 2.28 bits per heavy atom. The van der Waals surface area contributed by atoms with E-state index >= 15 is 0 Å². The van der Waals surface area contributed by atoms with Crippen molar-refractivity contribution in [1.82, 2.24) is 15.3 Å². The highest BCUT2D eigenvalue weighted by atomic mass is 35.5.